The van der Waals surface area contributed by atoms with Gasteiger partial charge in [-0.05, 0) is 49.4 Å². The van der Waals surface area contributed by atoms with Crippen molar-refractivity contribution in [3.05, 3.63) is 82.2 Å². The van der Waals surface area contributed by atoms with Crippen molar-refractivity contribution in [2.75, 3.05) is 0 Å². The minimum atomic E-state index is -1.06. The van der Waals surface area contributed by atoms with Crippen molar-refractivity contribution in [2.24, 2.45) is 0 Å². The normalized spacial score (nSPS) is 11.1. The minimum absolute atomic E-state index is 0.0523. The lowest BCUT2D eigenvalue weighted by molar-refractivity contribution is 0.0950. The number of aromatic nitrogens is 2. The lowest BCUT2D eigenvalue weighted by atomic mass is 10.2. The van der Waals surface area contributed by atoms with Crippen LogP contribution in [0.15, 0.2) is 48.7 Å². The van der Waals surface area contributed by atoms with Crippen molar-refractivity contribution in [1.29, 1.82) is 0 Å². The van der Waals surface area contributed by atoms with E-state index in [9.17, 15) is 18.0 Å². The molecule has 28 heavy (non-hydrogen) atoms. The van der Waals surface area contributed by atoms with Crippen LogP contribution in [0.2, 0.25) is 0 Å². The Morgan fingerprint density at radius 2 is 1.86 bits per heavy atom. The summed E-state index contributed by atoms with van der Waals surface area (Å²) < 4.78 is 41.3. The molecule has 2 heterocycles. The summed E-state index contributed by atoms with van der Waals surface area (Å²) >= 11 is 1.41. The van der Waals surface area contributed by atoms with E-state index in [4.69, 9.17) is 0 Å². The lowest BCUT2D eigenvalue weighted by Crippen LogP contribution is -2.23. The standard InChI is InChI=1S/C20H14F3N3OS/c1-11-18(9-24-19(27)13-4-7-15(22)16(23)8-13)28-20-25-17(10-26(11)20)12-2-5-14(21)6-3-12/h2-8,10H,9H2,1H3,(H,24,27). The fourth-order valence-corrected chi connectivity index (χ4v) is 3.86. The second-order valence-electron chi connectivity index (χ2n) is 6.21. The molecule has 0 radical (unpaired) electrons. The number of nitrogens with one attached hydrogen (secondary N) is 1. The summed E-state index contributed by atoms with van der Waals surface area (Å²) in [6.45, 7) is 2.14. The molecule has 1 amide bonds. The average Bonchev–Trinajstić information content (AvgIpc) is 3.22. The summed E-state index contributed by atoms with van der Waals surface area (Å²) in [7, 11) is 0. The maximum absolute atomic E-state index is 13.3. The molecule has 0 fully saturated rings. The topological polar surface area (TPSA) is 46.4 Å². The third kappa shape index (κ3) is 3.38. The maximum atomic E-state index is 13.3. The van der Waals surface area contributed by atoms with Crippen LogP contribution in [0.1, 0.15) is 20.9 Å². The number of fused-ring (bicyclic) bond motifs is 1. The molecule has 8 heteroatoms. The molecular weight excluding hydrogens is 387 g/mol. The van der Waals surface area contributed by atoms with E-state index in [0.717, 1.165) is 38.9 Å². The highest BCUT2D eigenvalue weighted by Gasteiger charge is 2.15. The molecule has 4 nitrogen and oxygen atoms in total. The highest BCUT2D eigenvalue weighted by Crippen LogP contribution is 2.27. The summed E-state index contributed by atoms with van der Waals surface area (Å²) in [5.41, 5.74) is 2.50. The molecule has 0 aliphatic heterocycles. The highest BCUT2D eigenvalue weighted by molar-refractivity contribution is 7.17. The summed E-state index contributed by atoms with van der Waals surface area (Å²) in [5.74, 6) is -2.85. The SMILES string of the molecule is Cc1c(CNC(=O)c2ccc(F)c(F)c2)sc2nc(-c3ccc(F)cc3)cn12. The largest absolute Gasteiger partial charge is 0.347 e. The molecular formula is C20H14F3N3OS. The van der Waals surface area contributed by atoms with Crippen LogP contribution in [0, 0.1) is 24.4 Å². The second kappa shape index (κ2) is 7.12. The Morgan fingerprint density at radius 3 is 2.54 bits per heavy atom. The highest BCUT2D eigenvalue weighted by atomic mass is 32.1. The number of hydrogen-bond donors (Lipinski definition) is 1. The molecule has 0 bridgehead atoms. The number of hydrogen-bond acceptors (Lipinski definition) is 3. The molecule has 0 unspecified atom stereocenters. The van der Waals surface area contributed by atoms with E-state index in [2.05, 4.69) is 10.3 Å². The number of imidazole rings is 1. The fraction of sp³-hybridized carbons (Fsp3) is 0.100. The van der Waals surface area contributed by atoms with Crippen LogP contribution in [0.5, 0.6) is 0 Å². The average molecular weight is 401 g/mol. The summed E-state index contributed by atoms with van der Waals surface area (Å²) in [6.07, 6.45) is 1.86. The Labute approximate surface area is 162 Å². The molecule has 0 atom stereocenters. The summed E-state index contributed by atoms with van der Waals surface area (Å²) in [6, 6.07) is 9.13. The smallest absolute Gasteiger partial charge is 0.251 e. The van der Waals surface area contributed by atoms with E-state index in [-0.39, 0.29) is 17.9 Å². The molecule has 0 saturated heterocycles. The molecule has 0 saturated carbocycles. The monoisotopic (exact) mass is 401 g/mol. The Hall–Kier alpha value is -3.13. The van der Waals surface area contributed by atoms with E-state index in [1.54, 1.807) is 12.1 Å². The van der Waals surface area contributed by atoms with Crippen LogP contribution in [0.3, 0.4) is 0 Å². The number of carbonyl (C=O) groups excluding carboxylic acids is 1. The van der Waals surface area contributed by atoms with Gasteiger partial charge in [-0.2, -0.15) is 0 Å². The van der Waals surface area contributed by atoms with Gasteiger partial charge in [0.2, 0.25) is 0 Å². The van der Waals surface area contributed by atoms with Crippen molar-refractivity contribution in [3.8, 4) is 11.3 Å². The minimum Gasteiger partial charge on any atom is -0.347 e. The molecule has 0 spiro atoms. The summed E-state index contributed by atoms with van der Waals surface area (Å²) in [5, 5.41) is 2.71. The Bertz CT molecular complexity index is 1180. The predicted molar refractivity (Wildman–Crippen MR) is 101 cm³/mol. The van der Waals surface area contributed by atoms with Gasteiger partial charge in [-0.25, -0.2) is 18.2 Å². The predicted octanol–water partition coefficient (Wildman–Crippen LogP) is 4.72. The number of aryl methyl sites for hydroxylation is 1. The molecule has 0 aliphatic carbocycles. The number of benzene rings is 2. The number of rotatable bonds is 4. The number of carbonyl (C=O) groups is 1. The maximum Gasteiger partial charge on any atom is 0.251 e. The molecule has 4 aromatic rings. The van der Waals surface area contributed by atoms with E-state index >= 15 is 0 Å². The first kappa shape index (κ1) is 18.2. The van der Waals surface area contributed by atoms with Crippen LogP contribution in [-0.4, -0.2) is 15.3 Å². The van der Waals surface area contributed by atoms with Gasteiger partial charge in [-0.3, -0.25) is 9.20 Å². The van der Waals surface area contributed by atoms with Crippen LogP contribution >= 0.6 is 11.3 Å². The van der Waals surface area contributed by atoms with Crippen molar-refractivity contribution < 1.29 is 18.0 Å². The zero-order valence-electron chi connectivity index (χ0n) is 14.7. The van der Waals surface area contributed by atoms with Gasteiger partial charge in [0.15, 0.2) is 16.6 Å². The van der Waals surface area contributed by atoms with Gasteiger partial charge in [0.25, 0.3) is 5.91 Å². The second-order valence-corrected chi connectivity index (χ2v) is 7.27. The zero-order chi connectivity index (χ0) is 19.8. The van der Waals surface area contributed by atoms with Crippen LogP contribution in [0.4, 0.5) is 13.2 Å². The van der Waals surface area contributed by atoms with Crippen molar-refractivity contribution in [1.82, 2.24) is 14.7 Å². The Kier molecular flexibility index (Phi) is 4.64. The van der Waals surface area contributed by atoms with Crippen LogP contribution in [0.25, 0.3) is 16.2 Å². The van der Waals surface area contributed by atoms with Gasteiger partial charge in [-0.15, -0.1) is 0 Å². The first-order valence-electron chi connectivity index (χ1n) is 8.39. The van der Waals surface area contributed by atoms with Gasteiger partial charge < -0.3 is 5.32 Å². The van der Waals surface area contributed by atoms with Gasteiger partial charge >= 0.3 is 0 Å². The van der Waals surface area contributed by atoms with Gasteiger partial charge in [-0.1, -0.05) is 11.3 Å². The lowest BCUT2D eigenvalue weighted by Gasteiger charge is -2.05. The number of thiazole rings is 1. The molecule has 2 aromatic heterocycles. The van der Waals surface area contributed by atoms with Crippen LogP contribution < -0.4 is 5.32 Å². The third-order valence-electron chi connectivity index (χ3n) is 4.38. The number of amides is 1. The third-order valence-corrected chi connectivity index (χ3v) is 5.54. The number of nitrogens with zero attached hydrogens (tertiary/aromatic N) is 2. The van der Waals surface area contributed by atoms with E-state index in [1.807, 2.05) is 17.5 Å². The van der Waals surface area contributed by atoms with Crippen molar-refractivity contribution in [3.63, 3.8) is 0 Å². The molecule has 2 aromatic carbocycles. The molecule has 4 rings (SSSR count). The molecule has 142 valence electrons. The van der Waals surface area contributed by atoms with Crippen molar-refractivity contribution in [2.45, 2.75) is 13.5 Å². The number of halogens is 3. The Balaban J connectivity index is 1.52. The first-order chi connectivity index (χ1) is 13.4. The van der Waals surface area contributed by atoms with E-state index in [1.165, 1.54) is 29.5 Å². The van der Waals surface area contributed by atoms with Gasteiger partial charge in [0.1, 0.15) is 5.82 Å². The van der Waals surface area contributed by atoms with Crippen molar-refractivity contribution >= 4 is 22.2 Å². The van der Waals surface area contributed by atoms with E-state index < -0.39 is 17.5 Å². The fourth-order valence-electron chi connectivity index (χ4n) is 2.82. The van der Waals surface area contributed by atoms with E-state index in [0.29, 0.717) is 0 Å². The van der Waals surface area contributed by atoms with Gasteiger partial charge in [0.05, 0.1) is 12.2 Å². The first-order valence-corrected chi connectivity index (χ1v) is 9.20. The Morgan fingerprint density at radius 1 is 1.11 bits per heavy atom. The summed E-state index contributed by atoms with van der Waals surface area (Å²) in [4.78, 5) is 18.4. The molecule has 0 aliphatic rings. The quantitative estimate of drug-likeness (QED) is 0.538. The zero-order valence-corrected chi connectivity index (χ0v) is 15.5. The molecule has 1 N–H and O–H groups in total. The van der Waals surface area contributed by atoms with Crippen LogP contribution in [-0.2, 0) is 6.54 Å². The van der Waals surface area contributed by atoms with Gasteiger partial charge in [0, 0.05) is 27.9 Å².